The zero-order chi connectivity index (χ0) is 31.2. The number of carbonyl (C=O) groups excluding carboxylic acids is 1. The molecule has 2 atom stereocenters. The molecule has 1 heterocycles. The van der Waals surface area contributed by atoms with E-state index in [1.165, 1.54) is 80.7 Å². The molecule has 0 saturated carbocycles. The van der Waals surface area contributed by atoms with Crippen LogP contribution in [0.3, 0.4) is 0 Å². The van der Waals surface area contributed by atoms with Crippen molar-refractivity contribution in [3.8, 4) is 0 Å². The van der Waals surface area contributed by atoms with E-state index in [2.05, 4.69) is 108 Å². The van der Waals surface area contributed by atoms with Gasteiger partial charge in [0.25, 0.3) is 0 Å². The maximum absolute atomic E-state index is 9.44. The smallest absolute Gasteiger partial charge is 0.126 e. The lowest BCUT2D eigenvalue weighted by atomic mass is 9.84. The number of rotatable bonds is 5. The molecular weight excluding hydrogens is 498 g/mol. The van der Waals surface area contributed by atoms with E-state index >= 15 is 0 Å². The number of allylic oxidation sites excluding steroid dienone is 1. The highest BCUT2D eigenvalue weighted by Crippen LogP contribution is 2.30. The molecule has 0 saturated heterocycles. The van der Waals surface area contributed by atoms with Crippen molar-refractivity contribution in [2.24, 2.45) is 0 Å². The summed E-state index contributed by atoms with van der Waals surface area (Å²) in [4.78, 5) is 12.5. The van der Waals surface area contributed by atoms with Crippen LogP contribution >= 0.6 is 0 Å². The van der Waals surface area contributed by atoms with Crippen LogP contribution in [0, 0.1) is 6.92 Å². The topological polar surface area (TPSA) is 32.9 Å². The van der Waals surface area contributed by atoms with Gasteiger partial charge in [0.15, 0.2) is 0 Å². The molecule has 0 spiro atoms. The predicted octanol–water partition coefficient (Wildman–Crippen LogP) is 10.2. The van der Waals surface area contributed by atoms with Gasteiger partial charge in [0, 0.05) is 11.5 Å². The number of H-pyrrole nitrogens is 1. The number of Topliss-reactive ketones (excluding diaryl/α,β-unsaturated/α-hetero) is 1. The summed E-state index contributed by atoms with van der Waals surface area (Å²) in [5.41, 5.74) is 7.38. The second kappa shape index (κ2) is 22.5. The molecule has 41 heavy (non-hydrogen) atoms. The number of hydrogen-bond acceptors (Lipinski definition) is 1. The van der Waals surface area contributed by atoms with Crippen molar-refractivity contribution in [3.63, 3.8) is 0 Å². The Hall–Kier alpha value is -3.13. The Balaban J connectivity index is 0.000000533. The maximum Gasteiger partial charge on any atom is 0.126 e. The predicted molar refractivity (Wildman–Crippen MR) is 184 cm³/mol. The fourth-order valence-electron chi connectivity index (χ4n) is 4.85. The molecule has 1 aromatic heterocycles. The number of ketones is 1. The summed E-state index contributed by atoms with van der Waals surface area (Å²) < 4.78 is 0. The highest BCUT2D eigenvalue weighted by atomic mass is 16.1. The third-order valence-electron chi connectivity index (χ3n) is 6.95. The Kier molecular flexibility index (Phi) is 20.8. The van der Waals surface area contributed by atoms with E-state index in [4.69, 9.17) is 0 Å². The monoisotopic (exact) mass is 557 g/mol. The lowest BCUT2D eigenvalue weighted by molar-refractivity contribution is -0.114. The minimum Gasteiger partial charge on any atom is -0.362 e. The van der Waals surface area contributed by atoms with Crippen LogP contribution in [0.4, 0.5) is 0 Å². The molecule has 1 N–H and O–H groups in total. The standard InChI is InChI=1S/C14H22.C11H14.C8H11N.C3H6O.C3H6/c1-4-6-9-13(5-2)14-10-7-8-12(3)11-14;1-9-5-4-7-10-6-2-3-8-11(9)10;1-6(2)8-4-5-9-7(8)3;1-3(2)4;1-3-2/h7-8,10-11,13H,4-6,9H2,1-3H3;2-3,6,8-9H,4-5,7H2,1H3;4-5,9H,3H2,1-2H3;1-2H3;3H,1H2,2H3/t;9-;;;/m.0.../s1. The number of carbonyl (C=O) groups is 1. The van der Waals surface area contributed by atoms with Gasteiger partial charge in [-0.05, 0) is 113 Å². The Bertz CT molecular complexity index is 1220. The average molecular weight is 558 g/mol. The Morgan fingerprint density at radius 2 is 1.68 bits per heavy atom. The minimum absolute atomic E-state index is 0.167. The van der Waals surface area contributed by atoms with E-state index in [1.54, 1.807) is 17.2 Å². The number of aromatic nitrogens is 1. The van der Waals surface area contributed by atoms with Crippen molar-refractivity contribution in [2.45, 2.75) is 119 Å². The van der Waals surface area contributed by atoms with Crippen molar-refractivity contribution < 1.29 is 4.79 Å². The summed E-state index contributed by atoms with van der Waals surface area (Å²) in [6.07, 6.45) is 13.0. The number of nitrogens with one attached hydrogen (secondary N) is 1. The lowest BCUT2D eigenvalue weighted by Crippen LogP contribution is -2.21. The molecule has 0 bridgehead atoms. The first-order valence-electron chi connectivity index (χ1n) is 15.5. The van der Waals surface area contributed by atoms with E-state index in [0.29, 0.717) is 0 Å². The highest BCUT2D eigenvalue weighted by Gasteiger charge is 2.14. The molecule has 0 aliphatic heterocycles. The van der Waals surface area contributed by atoms with Gasteiger partial charge < -0.3 is 9.78 Å². The Morgan fingerprint density at radius 3 is 2.15 bits per heavy atom. The first kappa shape index (κ1) is 37.9. The van der Waals surface area contributed by atoms with Gasteiger partial charge in [-0.3, -0.25) is 0 Å². The van der Waals surface area contributed by atoms with E-state index in [1.807, 2.05) is 19.2 Å². The third-order valence-corrected chi connectivity index (χ3v) is 6.95. The largest absolute Gasteiger partial charge is 0.362 e. The first-order chi connectivity index (χ1) is 19.5. The molecule has 2 aromatic carbocycles. The van der Waals surface area contributed by atoms with Crippen LogP contribution in [0.1, 0.15) is 128 Å². The molecule has 226 valence electrons. The summed E-state index contributed by atoms with van der Waals surface area (Å²) in [7, 11) is 0. The Labute approximate surface area is 252 Å². The number of aromatic amines is 1. The number of benzene rings is 2. The number of hydrogen-bond donors (Lipinski definition) is 1. The normalized spacial score (nSPS) is 13.5. The molecule has 0 fully saturated rings. The zero-order valence-electron chi connectivity index (χ0n) is 27.8. The summed E-state index contributed by atoms with van der Waals surface area (Å²) in [6, 6.07) is 19.9. The molecule has 3 aromatic rings. The van der Waals surface area contributed by atoms with Gasteiger partial charge in [0.1, 0.15) is 5.78 Å². The molecule has 1 unspecified atom stereocenters. The molecule has 2 nitrogen and oxygen atoms in total. The van der Waals surface area contributed by atoms with Crippen molar-refractivity contribution in [3.05, 3.63) is 106 Å². The molecule has 0 radical (unpaired) electrons. The van der Waals surface area contributed by atoms with Crippen LogP contribution in [-0.2, 0) is 11.2 Å². The summed E-state index contributed by atoms with van der Waals surface area (Å²) >= 11 is 0. The van der Waals surface area contributed by atoms with E-state index in [-0.39, 0.29) is 5.78 Å². The van der Waals surface area contributed by atoms with Crippen LogP contribution < -0.4 is 10.6 Å². The van der Waals surface area contributed by atoms with Crippen LogP contribution in [0.2, 0.25) is 0 Å². The van der Waals surface area contributed by atoms with Gasteiger partial charge >= 0.3 is 0 Å². The zero-order valence-corrected chi connectivity index (χ0v) is 27.8. The van der Waals surface area contributed by atoms with Crippen LogP contribution in [0.5, 0.6) is 0 Å². The molecule has 1 aliphatic rings. The van der Waals surface area contributed by atoms with Crippen molar-refractivity contribution in [1.82, 2.24) is 4.98 Å². The van der Waals surface area contributed by atoms with Gasteiger partial charge in [-0.15, -0.1) is 6.58 Å². The van der Waals surface area contributed by atoms with Gasteiger partial charge in [-0.1, -0.05) is 106 Å². The maximum atomic E-state index is 9.44. The average Bonchev–Trinajstić information content (AvgIpc) is 3.37. The van der Waals surface area contributed by atoms with Crippen molar-refractivity contribution >= 4 is 17.9 Å². The Morgan fingerprint density at radius 1 is 1.05 bits per heavy atom. The second-order valence-electron chi connectivity index (χ2n) is 11.3. The lowest BCUT2D eigenvalue weighted by Gasteiger charge is -2.21. The summed E-state index contributed by atoms with van der Waals surface area (Å²) in [5.74, 6) is 1.73. The van der Waals surface area contributed by atoms with E-state index in [9.17, 15) is 4.79 Å². The van der Waals surface area contributed by atoms with Crippen LogP contribution in [0.15, 0.2) is 73.4 Å². The number of unbranched alkanes of at least 4 members (excludes halogenated alkanes) is 1. The number of aryl methyl sites for hydroxylation is 2. The summed E-state index contributed by atoms with van der Waals surface area (Å²) in [6.45, 7) is 25.4. The van der Waals surface area contributed by atoms with Crippen molar-refractivity contribution in [2.75, 3.05) is 0 Å². The SMILES string of the molecule is C=CC.C=c1[nH]ccc1=C(C)C.CC(C)=O.CCCCC(CC)c1cccc(C)c1.C[C@H]1CCCc2ccccc21. The summed E-state index contributed by atoms with van der Waals surface area (Å²) in [5, 5.41) is 2.24. The van der Waals surface area contributed by atoms with Gasteiger partial charge in [0.05, 0.1) is 0 Å². The van der Waals surface area contributed by atoms with Gasteiger partial charge in [-0.2, -0.15) is 0 Å². The number of fused-ring (bicyclic) bond motifs is 1. The minimum atomic E-state index is 0.167. The van der Waals surface area contributed by atoms with Gasteiger partial charge in [0.2, 0.25) is 0 Å². The molecule has 4 rings (SSSR count). The molecule has 0 amide bonds. The fourth-order valence-corrected chi connectivity index (χ4v) is 4.85. The van der Waals surface area contributed by atoms with E-state index in [0.717, 1.165) is 17.2 Å². The van der Waals surface area contributed by atoms with Crippen molar-refractivity contribution in [1.29, 1.82) is 0 Å². The van der Waals surface area contributed by atoms with Gasteiger partial charge in [-0.25, -0.2) is 0 Å². The van der Waals surface area contributed by atoms with Crippen LogP contribution in [-0.4, -0.2) is 10.8 Å². The fraction of sp³-hybridized carbons (Fsp3) is 0.462. The third kappa shape index (κ3) is 16.7. The molecule has 1 aliphatic carbocycles. The van der Waals surface area contributed by atoms with Crippen LogP contribution in [0.25, 0.3) is 12.2 Å². The van der Waals surface area contributed by atoms with E-state index < -0.39 is 0 Å². The quantitative estimate of drug-likeness (QED) is 0.311. The first-order valence-corrected chi connectivity index (χ1v) is 15.5. The molecular formula is C39H59NO. The highest BCUT2D eigenvalue weighted by molar-refractivity contribution is 5.72. The second-order valence-corrected chi connectivity index (χ2v) is 11.3. The molecule has 2 heteroatoms.